The lowest BCUT2D eigenvalue weighted by atomic mass is 10.2. The Morgan fingerprint density at radius 1 is 0.840 bits per heavy atom. The number of carbonyl (C=O) groups excluding carboxylic acids is 3. The molecule has 0 aliphatic heterocycles. The molecule has 2 aromatic carbocycles. The largest absolute Gasteiger partial charge is 0.325 e. The number of thioether (sulfide) groups is 1. The maximum absolute atomic E-state index is 12.8. The SMILES string of the molecule is O=C(CSCC(=O)Nc1ccc(F)cc1)NNC(=O)c1ccccc1. The third-order valence-electron chi connectivity index (χ3n) is 2.95. The van der Waals surface area contributed by atoms with Crippen molar-refractivity contribution in [1.82, 2.24) is 10.9 Å². The molecule has 0 aliphatic carbocycles. The normalized spacial score (nSPS) is 9.96. The van der Waals surface area contributed by atoms with Crippen LogP contribution in [0.15, 0.2) is 54.6 Å². The fourth-order valence-corrected chi connectivity index (χ4v) is 2.41. The van der Waals surface area contributed by atoms with E-state index in [9.17, 15) is 18.8 Å². The van der Waals surface area contributed by atoms with Crippen molar-refractivity contribution in [3.05, 3.63) is 66.0 Å². The number of hydrogen-bond acceptors (Lipinski definition) is 4. The van der Waals surface area contributed by atoms with E-state index < -0.39 is 11.8 Å². The number of carbonyl (C=O) groups is 3. The van der Waals surface area contributed by atoms with Gasteiger partial charge in [0.15, 0.2) is 0 Å². The Morgan fingerprint density at radius 3 is 2.16 bits per heavy atom. The Hall–Kier alpha value is -2.87. The van der Waals surface area contributed by atoms with Crippen molar-refractivity contribution in [2.45, 2.75) is 0 Å². The van der Waals surface area contributed by atoms with Gasteiger partial charge in [-0.15, -0.1) is 11.8 Å². The molecule has 0 spiro atoms. The van der Waals surface area contributed by atoms with Gasteiger partial charge in [0.2, 0.25) is 11.8 Å². The molecule has 0 unspecified atom stereocenters. The smallest absolute Gasteiger partial charge is 0.269 e. The van der Waals surface area contributed by atoms with Crippen LogP contribution < -0.4 is 16.2 Å². The van der Waals surface area contributed by atoms with Crippen LogP contribution in [0.3, 0.4) is 0 Å². The van der Waals surface area contributed by atoms with Crippen LogP contribution in [0.4, 0.5) is 10.1 Å². The third kappa shape index (κ3) is 6.64. The summed E-state index contributed by atoms with van der Waals surface area (Å²) >= 11 is 1.09. The average molecular weight is 361 g/mol. The number of amides is 3. The minimum absolute atomic E-state index is 0.00586. The molecule has 0 bridgehead atoms. The van der Waals surface area contributed by atoms with Gasteiger partial charge in [0.25, 0.3) is 5.91 Å². The highest BCUT2D eigenvalue weighted by molar-refractivity contribution is 8.00. The molecule has 3 N–H and O–H groups in total. The summed E-state index contributed by atoms with van der Waals surface area (Å²) in [4.78, 5) is 35.1. The number of rotatable bonds is 6. The average Bonchev–Trinajstić information content (AvgIpc) is 2.62. The van der Waals surface area contributed by atoms with Gasteiger partial charge in [0.1, 0.15) is 5.82 Å². The summed E-state index contributed by atoms with van der Waals surface area (Å²) in [5, 5.41) is 2.59. The molecule has 130 valence electrons. The number of nitrogens with one attached hydrogen (secondary N) is 3. The lowest BCUT2D eigenvalue weighted by Crippen LogP contribution is -2.42. The highest BCUT2D eigenvalue weighted by Crippen LogP contribution is 2.09. The van der Waals surface area contributed by atoms with Gasteiger partial charge in [-0.2, -0.15) is 0 Å². The molecule has 3 amide bonds. The number of halogens is 1. The molecule has 0 aromatic heterocycles. The molecular formula is C17H16FN3O3S. The van der Waals surface area contributed by atoms with Crippen molar-refractivity contribution >= 4 is 35.2 Å². The van der Waals surface area contributed by atoms with Gasteiger partial charge >= 0.3 is 0 Å². The lowest BCUT2D eigenvalue weighted by molar-refractivity contribution is -0.119. The maximum Gasteiger partial charge on any atom is 0.269 e. The van der Waals surface area contributed by atoms with Crippen LogP contribution in [0.1, 0.15) is 10.4 Å². The molecule has 25 heavy (non-hydrogen) atoms. The summed E-state index contributed by atoms with van der Waals surface area (Å²) in [6.07, 6.45) is 0. The first-order valence-corrected chi connectivity index (χ1v) is 8.47. The van der Waals surface area contributed by atoms with Crippen molar-refractivity contribution in [1.29, 1.82) is 0 Å². The van der Waals surface area contributed by atoms with E-state index in [2.05, 4.69) is 16.2 Å². The van der Waals surface area contributed by atoms with Gasteiger partial charge in [-0.05, 0) is 36.4 Å². The Balaban J connectivity index is 1.64. The number of benzene rings is 2. The molecule has 8 heteroatoms. The summed E-state index contributed by atoms with van der Waals surface area (Å²) in [6, 6.07) is 13.8. The molecule has 0 heterocycles. The third-order valence-corrected chi connectivity index (χ3v) is 3.88. The molecule has 0 saturated carbocycles. The zero-order chi connectivity index (χ0) is 18.1. The monoisotopic (exact) mass is 361 g/mol. The Morgan fingerprint density at radius 2 is 1.48 bits per heavy atom. The van der Waals surface area contributed by atoms with E-state index in [1.54, 1.807) is 30.3 Å². The van der Waals surface area contributed by atoms with E-state index in [-0.39, 0.29) is 23.2 Å². The summed E-state index contributed by atoms with van der Waals surface area (Å²) < 4.78 is 12.8. The summed E-state index contributed by atoms with van der Waals surface area (Å²) in [5.74, 6) is -1.49. The molecule has 0 saturated heterocycles. The van der Waals surface area contributed by atoms with Gasteiger partial charge in [-0.1, -0.05) is 18.2 Å². The highest BCUT2D eigenvalue weighted by atomic mass is 32.2. The first-order chi connectivity index (χ1) is 12.0. The minimum atomic E-state index is -0.427. The maximum atomic E-state index is 12.8. The predicted molar refractivity (Wildman–Crippen MR) is 94.4 cm³/mol. The fourth-order valence-electron chi connectivity index (χ4n) is 1.79. The zero-order valence-electron chi connectivity index (χ0n) is 13.1. The molecule has 2 aromatic rings. The quantitative estimate of drug-likeness (QED) is 0.687. The van der Waals surface area contributed by atoms with Crippen molar-refractivity contribution < 1.29 is 18.8 Å². The zero-order valence-corrected chi connectivity index (χ0v) is 13.9. The standard InChI is InChI=1S/C17H16FN3O3S/c18-13-6-8-14(9-7-13)19-15(22)10-25-11-16(23)20-21-17(24)12-4-2-1-3-5-12/h1-9H,10-11H2,(H,19,22)(H,20,23)(H,21,24). The van der Waals surface area contributed by atoms with Crippen LogP contribution in [0.25, 0.3) is 0 Å². The molecular weight excluding hydrogens is 345 g/mol. The van der Waals surface area contributed by atoms with Crippen LogP contribution in [0.2, 0.25) is 0 Å². The lowest BCUT2D eigenvalue weighted by Gasteiger charge is -2.07. The van der Waals surface area contributed by atoms with Crippen LogP contribution in [-0.4, -0.2) is 29.2 Å². The van der Waals surface area contributed by atoms with Crippen LogP contribution >= 0.6 is 11.8 Å². The van der Waals surface area contributed by atoms with Crippen LogP contribution in [-0.2, 0) is 9.59 Å². The second-order valence-corrected chi connectivity index (χ2v) is 5.90. The number of hydrazine groups is 1. The minimum Gasteiger partial charge on any atom is -0.325 e. The van der Waals surface area contributed by atoms with E-state index in [1.807, 2.05) is 0 Å². The predicted octanol–water partition coefficient (Wildman–Crippen LogP) is 1.96. The van der Waals surface area contributed by atoms with Gasteiger partial charge in [0, 0.05) is 11.3 Å². The van der Waals surface area contributed by atoms with E-state index in [4.69, 9.17) is 0 Å². The molecule has 6 nitrogen and oxygen atoms in total. The number of anilines is 1. The number of hydrogen-bond donors (Lipinski definition) is 3. The van der Waals surface area contributed by atoms with Gasteiger partial charge in [-0.3, -0.25) is 25.2 Å². The molecule has 0 radical (unpaired) electrons. The van der Waals surface area contributed by atoms with Gasteiger partial charge in [0.05, 0.1) is 11.5 Å². The van der Waals surface area contributed by atoms with E-state index >= 15 is 0 Å². The van der Waals surface area contributed by atoms with Gasteiger partial charge < -0.3 is 5.32 Å². The van der Waals surface area contributed by atoms with Gasteiger partial charge in [-0.25, -0.2) is 4.39 Å². The summed E-state index contributed by atoms with van der Waals surface area (Å²) in [5.41, 5.74) is 5.48. The summed E-state index contributed by atoms with van der Waals surface area (Å²) in [6.45, 7) is 0. The Bertz CT molecular complexity index is 739. The van der Waals surface area contributed by atoms with Crippen molar-refractivity contribution in [3.8, 4) is 0 Å². The molecule has 0 fully saturated rings. The Kier molecular flexibility index (Phi) is 6.97. The fraction of sp³-hybridized carbons (Fsp3) is 0.118. The molecule has 0 atom stereocenters. The van der Waals surface area contributed by atoms with Crippen LogP contribution in [0, 0.1) is 5.82 Å². The van der Waals surface area contributed by atoms with Crippen molar-refractivity contribution in [3.63, 3.8) is 0 Å². The summed E-state index contributed by atoms with van der Waals surface area (Å²) in [7, 11) is 0. The van der Waals surface area contributed by atoms with E-state index in [0.717, 1.165) is 11.8 Å². The van der Waals surface area contributed by atoms with Crippen molar-refractivity contribution in [2.75, 3.05) is 16.8 Å². The first kappa shape index (κ1) is 18.5. The van der Waals surface area contributed by atoms with E-state index in [1.165, 1.54) is 24.3 Å². The second-order valence-electron chi connectivity index (χ2n) is 4.92. The topological polar surface area (TPSA) is 87.3 Å². The van der Waals surface area contributed by atoms with E-state index in [0.29, 0.717) is 11.3 Å². The Labute approximate surface area is 148 Å². The molecule has 0 aliphatic rings. The van der Waals surface area contributed by atoms with Crippen molar-refractivity contribution in [2.24, 2.45) is 0 Å². The first-order valence-electron chi connectivity index (χ1n) is 7.32. The van der Waals surface area contributed by atoms with Crippen LogP contribution in [0.5, 0.6) is 0 Å². The highest BCUT2D eigenvalue weighted by Gasteiger charge is 2.08. The second kappa shape index (κ2) is 9.43. The molecule has 2 rings (SSSR count).